The van der Waals surface area contributed by atoms with Crippen LogP contribution in [0.2, 0.25) is 5.02 Å². The first kappa shape index (κ1) is 37.5. The fourth-order valence-electron chi connectivity index (χ4n) is 6.85. The Labute approximate surface area is 308 Å². The van der Waals surface area contributed by atoms with Crippen LogP contribution in [0.4, 0.5) is 25.3 Å². The molecule has 52 heavy (non-hydrogen) atoms. The maximum absolute atomic E-state index is 13.6. The quantitative estimate of drug-likeness (QED) is 0.173. The lowest BCUT2D eigenvalue weighted by Gasteiger charge is -2.33. The van der Waals surface area contributed by atoms with E-state index in [1.165, 1.54) is 16.7 Å². The van der Waals surface area contributed by atoms with E-state index in [1.807, 2.05) is 35.6 Å². The molecule has 278 valence electrons. The monoisotopic (exact) mass is 757 g/mol. The van der Waals surface area contributed by atoms with Crippen molar-refractivity contribution in [2.75, 3.05) is 50.0 Å². The number of halogens is 3. The molecule has 0 aliphatic carbocycles. The summed E-state index contributed by atoms with van der Waals surface area (Å²) < 4.78 is 47.0. The number of aromatic nitrogens is 4. The summed E-state index contributed by atoms with van der Waals surface area (Å²) in [7, 11) is 2.10. The molecule has 4 heterocycles. The Morgan fingerprint density at radius 3 is 2.62 bits per heavy atom. The number of hydrogen-bond donors (Lipinski definition) is 2. The van der Waals surface area contributed by atoms with Crippen molar-refractivity contribution in [1.29, 1.82) is 0 Å². The van der Waals surface area contributed by atoms with Gasteiger partial charge in [0.15, 0.2) is 5.82 Å². The number of anilines is 2. The molecule has 4 aromatic rings. The molecular weight excluding hydrogens is 716 g/mol. The SMILES string of the molecule is CNC(=O)N(CCC=O)c1nn(C)c2cc(C3CCN(Cc4cccc(S(=O)N5CCC(Nc6ncc(Cl)c(OC(F)F)n6)CC5)c4)CC3)ccc12. The Kier molecular flexibility index (Phi) is 12.3. The number of likely N-dealkylation sites (tertiary alicyclic amines) is 1. The standard InChI is InChI=1S/C35H42ClF2N9O4S/c1-39-35(49)47(13-4-18-48)31-28-8-7-25(20-30(28)44(2)43-31)24-9-14-45(15-10-24)22-23-5-3-6-27(19-23)52(50)46-16-11-26(12-17-46)41-34-40-21-29(36)32(42-34)51-33(37)38/h3,5-8,18-21,24,26,33H,4,9-17,22H2,1-2H3,(H,39,49)(H,40,41,42). The normalized spacial score (nSPS) is 17.0. The van der Waals surface area contributed by atoms with Gasteiger partial charge in [-0.1, -0.05) is 29.8 Å². The van der Waals surface area contributed by atoms with Crippen molar-refractivity contribution in [3.63, 3.8) is 0 Å². The minimum absolute atomic E-state index is 0.0230. The number of benzene rings is 2. The van der Waals surface area contributed by atoms with E-state index in [2.05, 4.69) is 53.5 Å². The van der Waals surface area contributed by atoms with E-state index in [-0.39, 0.29) is 41.9 Å². The Hall–Kier alpha value is -4.25. The third-order valence-corrected chi connectivity index (χ3v) is 11.3. The van der Waals surface area contributed by atoms with E-state index in [0.29, 0.717) is 37.7 Å². The van der Waals surface area contributed by atoms with Crippen LogP contribution < -0.4 is 20.3 Å². The Morgan fingerprint density at radius 1 is 1.13 bits per heavy atom. The van der Waals surface area contributed by atoms with Crippen molar-refractivity contribution >= 4 is 57.6 Å². The molecule has 2 aromatic carbocycles. The van der Waals surface area contributed by atoms with Gasteiger partial charge in [0.1, 0.15) is 22.3 Å². The van der Waals surface area contributed by atoms with E-state index < -0.39 is 17.6 Å². The number of piperidine rings is 2. The average Bonchev–Trinajstić information content (AvgIpc) is 3.48. The molecule has 2 saturated heterocycles. The topological polar surface area (TPSA) is 138 Å². The molecule has 1 atom stereocenters. The largest absolute Gasteiger partial charge is 0.415 e. The number of aldehydes is 1. The summed E-state index contributed by atoms with van der Waals surface area (Å²) in [6.07, 6.45) is 5.57. The molecule has 0 saturated carbocycles. The van der Waals surface area contributed by atoms with Gasteiger partial charge in [0, 0.05) is 58.1 Å². The molecule has 1 unspecified atom stereocenters. The van der Waals surface area contributed by atoms with Crippen LogP contribution >= 0.6 is 11.6 Å². The molecule has 2 fully saturated rings. The fraction of sp³-hybridized carbons (Fsp3) is 0.457. The van der Waals surface area contributed by atoms with E-state index in [0.717, 1.165) is 60.1 Å². The predicted molar refractivity (Wildman–Crippen MR) is 195 cm³/mol. The first-order chi connectivity index (χ1) is 25.1. The van der Waals surface area contributed by atoms with Crippen LogP contribution in [0, 0.1) is 0 Å². The van der Waals surface area contributed by atoms with Gasteiger partial charge in [0.25, 0.3) is 0 Å². The van der Waals surface area contributed by atoms with Crippen LogP contribution in [-0.4, -0.2) is 97.9 Å². The Balaban J connectivity index is 1.01. The molecule has 6 rings (SSSR count). The zero-order valence-corrected chi connectivity index (χ0v) is 30.6. The lowest BCUT2D eigenvalue weighted by atomic mass is 9.89. The van der Waals surface area contributed by atoms with Gasteiger partial charge in [0.2, 0.25) is 11.8 Å². The van der Waals surface area contributed by atoms with Gasteiger partial charge in [0.05, 0.1) is 16.6 Å². The third-order valence-electron chi connectivity index (χ3n) is 9.54. The summed E-state index contributed by atoms with van der Waals surface area (Å²) >= 11 is 5.87. The van der Waals surface area contributed by atoms with E-state index in [4.69, 9.17) is 11.6 Å². The lowest BCUT2D eigenvalue weighted by Crippen LogP contribution is -2.40. The van der Waals surface area contributed by atoms with Gasteiger partial charge in [-0.2, -0.15) is 18.9 Å². The maximum Gasteiger partial charge on any atom is 0.388 e. The molecule has 2 aromatic heterocycles. The Bertz CT molecular complexity index is 1900. The van der Waals surface area contributed by atoms with Crippen LogP contribution in [0.5, 0.6) is 5.88 Å². The van der Waals surface area contributed by atoms with Gasteiger partial charge < -0.3 is 20.2 Å². The highest BCUT2D eigenvalue weighted by Gasteiger charge is 2.27. The number of urea groups is 1. The summed E-state index contributed by atoms with van der Waals surface area (Å²) in [4.78, 5) is 36.3. The van der Waals surface area contributed by atoms with Crippen LogP contribution in [0.25, 0.3) is 10.9 Å². The summed E-state index contributed by atoms with van der Waals surface area (Å²) in [6, 6.07) is 14.0. The summed E-state index contributed by atoms with van der Waals surface area (Å²) in [6.45, 7) is 0.982. The van der Waals surface area contributed by atoms with Crippen LogP contribution in [0.3, 0.4) is 0 Å². The summed E-state index contributed by atoms with van der Waals surface area (Å²) in [5, 5.41) is 11.2. The first-order valence-electron chi connectivity index (χ1n) is 17.2. The van der Waals surface area contributed by atoms with Gasteiger partial charge >= 0.3 is 12.6 Å². The molecule has 13 nitrogen and oxygen atoms in total. The van der Waals surface area contributed by atoms with Crippen molar-refractivity contribution < 1.29 is 27.3 Å². The predicted octanol–water partition coefficient (Wildman–Crippen LogP) is 5.33. The average molecular weight is 758 g/mol. The molecule has 0 radical (unpaired) electrons. The molecule has 2 N–H and O–H groups in total. The number of nitrogens with zero attached hydrogens (tertiary/aromatic N) is 7. The highest BCUT2D eigenvalue weighted by Crippen LogP contribution is 2.34. The number of fused-ring (bicyclic) bond motifs is 1. The lowest BCUT2D eigenvalue weighted by molar-refractivity contribution is -0.107. The van der Waals surface area contributed by atoms with Gasteiger partial charge in [-0.15, -0.1) is 0 Å². The fourth-order valence-corrected chi connectivity index (χ4v) is 8.27. The van der Waals surface area contributed by atoms with E-state index in [9.17, 15) is 22.6 Å². The van der Waals surface area contributed by atoms with E-state index >= 15 is 0 Å². The van der Waals surface area contributed by atoms with Gasteiger partial charge in [-0.05, 0) is 80.1 Å². The van der Waals surface area contributed by atoms with Crippen molar-refractivity contribution in [3.05, 3.63) is 64.8 Å². The van der Waals surface area contributed by atoms with E-state index in [1.54, 1.807) is 11.7 Å². The van der Waals surface area contributed by atoms with Crippen molar-refractivity contribution in [2.24, 2.45) is 7.05 Å². The highest BCUT2D eigenvalue weighted by molar-refractivity contribution is 7.82. The van der Waals surface area contributed by atoms with Crippen LogP contribution in [0.1, 0.15) is 49.1 Å². The molecule has 17 heteroatoms. The third kappa shape index (κ3) is 8.85. The number of carbonyl (C=O) groups excluding carboxylic acids is 2. The smallest absolute Gasteiger partial charge is 0.388 e. The number of nitrogens with one attached hydrogen (secondary N) is 2. The first-order valence-corrected chi connectivity index (χ1v) is 18.7. The van der Waals surface area contributed by atoms with Crippen LogP contribution in [-0.2, 0) is 29.4 Å². The number of rotatable bonds is 13. The molecule has 2 aliphatic rings. The highest BCUT2D eigenvalue weighted by atomic mass is 35.5. The minimum Gasteiger partial charge on any atom is -0.415 e. The van der Waals surface area contributed by atoms with Crippen LogP contribution in [0.15, 0.2) is 53.6 Å². The zero-order chi connectivity index (χ0) is 36.8. The van der Waals surface area contributed by atoms with Gasteiger partial charge in [-0.25, -0.2) is 18.3 Å². The molecule has 0 bridgehead atoms. The number of carbonyl (C=O) groups is 2. The second-order valence-electron chi connectivity index (χ2n) is 12.9. The number of ether oxygens (including phenoxy) is 1. The van der Waals surface area contributed by atoms with Crippen molar-refractivity contribution in [2.45, 2.75) is 62.1 Å². The van der Waals surface area contributed by atoms with Crippen molar-refractivity contribution in [3.8, 4) is 5.88 Å². The maximum atomic E-state index is 13.6. The second kappa shape index (κ2) is 17.1. The minimum atomic E-state index is -3.04. The number of hydrogen-bond acceptors (Lipinski definition) is 9. The van der Waals surface area contributed by atoms with Gasteiger partial charge in [-0.3, -0.25) is 14.5 Å². The summed E-state index contributed by atoms with van der Waals surface area (Å²) in [5.41, 5.74) is 3.29. The van der Waals surface area contributed by atoms with Crippen molar-refractivity contribution in [1.82, 2.24) is 34.3 Å². The number of aryl methyl sites for hydroxylation is 1. The zero-order valence-electron chi connectivity index (χ0n) is 29.0. The number of amides is 2. The Morgan fingerprint density at radius 2 is 1.90 bits per heavy atom. The number of alkyl halides is 2. The molecule has 2 aliphatic heterocycles. The second-order valence-corrected chi connectivity index (χ2v) is 14.8. The molecule has 2 amide bonds. The molecule has 0 spiro atoms. The molecular formula is C35H42ClF2N9O4S. The summed E-state index contributed by atoms with van der Waals surface area (Å²) in [5.74, 6) is 0.698.